The molecule has 0 amide bonds. The quantitative estimate of drug-likeness (QED) is 0.0461. The molecule has 6 aromatic rings. The molecule has 2 aliphatic heterocycles. The minimum absolute atomic E-state index is 0. The van der Waals surface area contributed by atoms with E-state index in [0.29, 0.717) is 52.1 Å². The SMILES string of the molecule is CC[C@H](C)NP(=O)(Cl)Oc1ccccc1.CC[C@H](C)NP(=O)(OC[C@@H]1OC[C@H](n2cnc3c(N)nc(C)nc32)O1)Oc1ccccc1.C[C-](C)C.Nc1nc(N)c2ncn([C@H]3CO[C@@H](CO)O3)c2n1.O=C=O.O=C=O.[Cl-].[Mg+2]. The Labute approximate surface area is 471 Å². The third kappa shape index (κ3) is 23.7. The number of aromatic nitrogens is 8. The number of halogens is 2. The maximum Gasteiger partial charge on any atom is 2.00 e. The number of nitrogens with zero attached hydrogens (tertiary/aromatic N) is 8. The van der Waals surface area contributed by atoms with Gasteiger partial charge in [-0.05, 0) is 57.9 Å². The van der Waals surface area contributed by atoms with Crippen LogP contribution in [0, 0.1) is 12.8 Å². The number of hydrogen-bond donors (Lipinski definition) is 6. The summed E-state index contributed by atoms with van der Waals surface area (Å²) >= 11 is 5.77. The maximum atomic E-state index is 13.4. The molecule has 8 rings (SSSR count). The Kier molecular flexibility index (Phi) is 32.0. The fourth-order valence-electron chi connectivity index (χ4n) is 6.02. The van der Waals surface area contributed by atoms with Crippen LogP contribution in [0.15, 0.2) is 73.3 Å². The van der Waals surface area contributed by atoms with E-state index in [9.17, 15) is 9.13 Å². The van der Waals surface area contributed by atoms with Crippen LogP contribution in [-0.2, 0) is 51.8 Å². The molecule has 0 aliphatic carbocycles. The summed E-state index contributed by atoms with van der Waals surface area (Å²) < 4.78 is 67.4. The van der Waals surface area contributed by atoms with Crippen molar-refractivity contribution in [2.24, 2.45) is 0 Å². The summed E-state index contributed by atoms with van der Waals surface area (Å²) in [5, 5.41) is 14.6. The first kappa shape index (κ1) is 69.8. The Hall–Kier alpha value is -5.21. The van der Waals surface area contributed by atoms with Gasteiger partial charge in [0, 0.05) is 23.3 Å². The van der Waals surface area contributed by atoms with Gasteiger partial charge in [0.2, 0.25) is 5.95 Å². The number of anilines is 3. The summed E-state index contributed by atoms with van der Waals surface area (Å²) in [6.45, 7) is 12.7. The molecule has 32 heteroatoms. The smallest absolute Gasteiger partial charge is 1.00 e. The topological polar surface area (TPSA) is 377 Å². The summed E-state index contributed by atoms with van der Waals surface area (Å²) in [7, 11) is -3.66. The van der Waals surface area contributed by atoms with Crippen LogP contribution in [0.3, 0.4) is 0 Å². The first-order valence-corrected chi connectivity index (χ1v) is 26.9. The molecule has 6 heterocycles. The molecule has 0 spiro atoms. The zero-order valence-corrected chi connectivity index (χ0v) is 48.3. The molecule has 77 heavy (non-hydrogen) atoms. The number of benzene rings is 2. The van der Waals surface area contributed by atoms with Gasteiger partial charge in [-0.2, -0.15) is 49.9 Å². The van der Waals surface area contributed by atoms with Crippen molar-refractivity contribution in [3.05, 3.63) is 85.1 Å². The van der Waals surface area contributed by atoms with Gasteiger partial charge in [0.25, 0.3) is 0 Å². The van der Waals surface area contributed by atoms with Gasteiger partial charge in [-0.1, -0.05) is 50.2 Å². The number of aryl methyl sites for hydroxylation is 1. The second-order valence-electron chi connectivity index (χ2n) is 16.3. The van der Waals surface area contributed by atoms with Crippen LogP contribution in [0.5, 0.6) is 11.5 Å². The molecular formula is C45H63Cl2MgN13O14P2. The van der Waals surface area contributed by atoms with Crippen molar-refractivity contribution in [2.75, 3.05) is 43.6 Å². The molecule has 2 saturated heterocycles. The van der Waals surface area contributed by atoms with Crippen LogP contribution in [0.4, 0.5) is 17.6 Å². The number of rotatable bonds is 16. The van der Waals surface area contributed by atoms with Gasteiger partial charge in [0.1, 0.15) is 35.0 Å². The molecule has 8 atom stereocenters. The van der Waals surface area contributed by atoms with Crippen LogP contribution in [0.25, 0.3) is 22.3 Å². The molecule has 0 bridgehead atoms. The van der Waals surface area contributed by atoms with E-state index in [1.807, 2.05) is 39.8 Å². The normalized spacial score (nSPS) is 18.4. The third-order valence-electron chi connectivity index (χ3n) is 9.56. The van der Waals surface area contributed by atoms with Crippen molar-refractivity contribution in [2.45, 2.75) is 105 Å². The molecular weight excluding hydrogens is 1100 g/mol. The molecule has 9 N–H and O–H groups in total. The predicted octanol–water partition coefficient (Wildman–Crippen LogP) is 2.91. The molecule has 2 unspecified atom stereocenters. The Balaban J connectivity index is 0.000000560. The first-order chi connectivity index (χ1) is 35.6. The van der Waals surface area contributed by atoms with Crippen LogP contribution in [0.2, 0.25) is 0 Å². The van der Waals surface area contributed by atoms with Crippen molar-refractivity contribution in [1.29, 1.82) is 0 Å². The standard InChI is InChI=1S/C20H27N6O5P.C10H15ClNO2P.C9H12N6O3.C4H9.2CO2.ClH.Mg/c1-4-13(2)25-32(27,31-15-8-6-5-7-9-15)29-11-17-28-10-16(30-17)26-12-22-18-19(21)23-14(3)24-20(18)26;1-3-9(2)12-15(11,13)14-10-7-5-4-6-8-10;10-7-6-8(14-9(11)13-7)15(3-12-6)4-2-17-5(1-16)18-4;1-4(2)3;2*2-1-3;;/h5-9,12-13,16-17H,4,10-11H2,1-3H3,(H,25,27)(H2,21,23,24);4-9H,3H2,1-2H3,(H,12,13);3-5,16H,1-2H2,(H4,10,11,13,14);1-3H3;;;1H;/q;;;-1;;;;+2/p-1/t13-,16+,17+,32?;9-,15?;4-,5-;;;;;/m001...../s1. The van der Waals surface area contributed by atoms with E-state index in [1.165, 1.54) is 12.2 Å². The predicted molar refractivity (Wildman–Crippen MR) is 278 cm³/mol. The number of aliphatic hydroxyl groups is 1. The number of ether oxygens (including phenoxy) is 4. The number of aliphatic hydroxyl groups excluding tert-OH is 1. The van der Waals surface area contributed by atoms with Crippen molar-refractivity contribution in [3.8, 4) is 11.5 Å². The van der Waals surface area contributed by atoms with E-state index in [-0.39, 0.29) is 91.4 Å². The fourth-order valence-corrected chi connectivity index (χ4v) is 9.53. The van der Waals surface area contributed by atoms with E-state index in [1.54, 1.807) is 70.9 Å². The van der Waals surface area contributed by atoms with Crippen molar-refractivity contribution in [1.82, 2.24) is 49.2 Å². The molecule has 27 nitrogen and oxygen atoms in total. The van der Waals surface area contributed by atoms with Crippen molar-refractivity contribution >= 4 is 101 Å². The van der Waals surface area contributed by atoms with Crippen LogP contribution in [-0.4, -0.2) is 131 Å². The van der Waals surface area contributed by atoms with Gasteiger partial charge in [-0.25, -0.2) is 39.2 Å². The Morgan fingerprint density at radius 3 is 1.65 bits per heavy atom. The molecule has 0 radical (unpaired) electrons. The zero-order chi connectivity index (χ0) is 55.7. The Morgan fingerprint density at radius 2 is 1.18 bits per heavy atom. The largest absolute Gasteiger partial charge is 2.00 e. The summed E-state index contributed by atoms with van der Waals surface area (Å²) in [4.78, 5) is 57.3. The summed E-state index contributed by atoms with van der Waals surface area (Å²) in [5.41, 5.74) is 19.2. The van der Waals surface area contributed by atoms with Gasteiger partial charge in [-0.3, -0.25) is 13.7 Å². The number of nitrogens with one attached hydrogen (secondary N) is 2. The molecule has 4 aromatic heterocycles. The number of carbonyl (C=O) groups excluding carboxylic acids is 4. The Bertz CT molecular complexity index is 2820. The molecule has 2 fully saturated rings. The monoisotopic (exact) mass is 1170 g/mol. The number of imidazole rings is 2. The summed E-state index contributed by atoms with van der Waals surface area (Å²) in [5.74, 6) is 3.49. The second-order valence-corrected chi connectivity index (χ2v) is 20.7. The molecule has 2 aliphatic rings. The molecule has 418 valence electrons. The molecule has 0 saturated carbocycles. The summed E-state index contributed by atoms with van der Waals surface area (Å²) in [6.07, 6.45) is 2.92. The fraction of sp³-hybridized carbons (Fsp3) is 0.444. The minimum atomic E-state index is -3.66. The average molecular weight is 1170 g/mol. The Morgan fingerprint density at radius 1 is 0.753 bits per heavy atom. The van der Waals surface area contributed by atoms with Crippen LogP contribution in [0.1, 0.15) is 79.6 Å². The van der Waals surface area contributed by atoms with Gasteiger partial charge >= 0.3 is 50.0 Å². The van der Waals surface area contributed by atoms with E-state index in [2.05, 4.69) is 60.8 Å². The first-order valence-electron chi connectivity index (χ1n) is 22.9. The van der Waals surface area contributed by atoms with Crippen molar-refractivity contribution < 1.29 is 78.3 Å². The zero-order valence-electron chi connectivity index (χ0n) is 43.6. The van der Waals surface area contributed by atoms with Crippen LogP contribution >= 0.6 is 25.9 Å². The van der Waals surface area contributed by atoms with Gasteiger partial charge in [0.05, 0.1) is 32.5 Å². The van der Waals surface area contributed by atoms with Crippen LogP contribution < -0.4 is 48.8 Å². The number of para-hydroxylation sites is 2. The number of nitrogen functional groups attached to an aromatic ring is 3. The second kappa shape index (κ2) is 35.3. The molecule has 2 aromatic carbocycles. The minimum Gasteiger partial charge on any atom is -1.00 e. The summed E-state index contributed by atoms with van der Waals surface area (Å²) in [6, 6.07) is 17.7. The van der Waals surface area contributed by atoms with E-state index in [4.69, 9.17) is 85.2 Å². The number of nitrogens with two attached hydrogens (primary N) is 3. The van der Waals surface area contributed by atoms with Gasteiger partial charge in [-0.15, -0.1) is 0 Å². The van der Waals surface area contributed by atoms with Gasteiger partial charge in [0.15, 0.2) is 48.0 Å². The van der Waals surface area contributed by atoms with Gasteiger partial charge < -0.3 is 68.6 Å². The van der Waals surface area contributed by atoms with Crippen molar-refractivity contribution in [3.63, 3.8) is 0 Å². The van der Waals surface area contributed by atoms with E-state index >= 15 is 0 Å². The third-order valence-corrected chi connectivity index (χ3v) is 12.9. The van der Waals surface area contributed by atoms with E-state index in [0.717, 1.165) is 12.8 Å². The average Bonchev–Trinajstić information content (AvgIpc) is 4.19. The maximum absolute atomic E-state index is 13.4. The number of fused-ring (bicyclic) bond motifs is 2. The van der Waals surface area contributed by atoms with E-state index < -0.39 is 39.7 Å². The number of hydrogen-bond acceptors (Lipinski definition) is 23.